The minimum absolute atomic E-state index is 0.179. The van der Waals surface area contributed by atoms with Gasteiger partial charge in [-0.2, -0.15) is 5.10 Å². The molecule has 1 aliphatic heterocycles. The van der Waals surface area contributed by atoms with Crippen molar-refractivity contribution < 1.29 is 13.9 Å². The minimum Gasteiger partial charge on any atom is -0.443 e. The van der Waals surface area contributed by atoms with Crippen LogP contribution in [-0.4, -0.2) is 21.5 Å². The Morgan fingerprint density at radius 1 is 1.31 bits per heavy atom. The van der Waals surface area contributed by atoms with Crippen LogP contribution in [0.3, 0.4) is 0 Å². The van der Waals surface area contributed by atoms with Crippen LogP contribution in [-0.2, 0) is 9.47 Å². The first-order valence-corrected chi connectivity index (χ1v) is 4.87. The van der Waals surface area contributed by atoms with Crippen molar-refractivity contribution in [3.63, 3.8) is 0 Å². The van der Waals surface area contributed by atoms with E-state index in [9.17, 15) is 0 Å². The van der Waals surface area contributed by atoms with Crippen molar-refractivity contribution in [2.45, 2.75) is 19.5 Å². The largest absolute Gasteiger partial charge is 0.443 e. The maximum absolute atomic E-state index is 5.29. The van der Waals surface area contributed by atoms with Crippen LogP contribution in [0.5, 0.6) is 0 Å². The predicted molar refractivity (Wildman–Crippen MR) is 51.9 cm³/mol. The van der Waals surface area contributed by atoms with Gasteiger partial charge in [-0.05, 0) is 19.1 Å². The van der Waals surface area contributed by atoms with Crippen LogP contribution in [0, 0.1) is 0 Å². The molecule has 0 amide bonds. The van der Waals surface area contributed by atoms with E-state index in [2.05, 4.69) is 15.2 Å². The van der Waals surface area contributed by atoms with Gasteiger partial charge in [-0.25, -0.2) is 4.98 Å². The van der Waals surface area contributed by atoms with E-state index in [1.165, 1.54) is 6.26 Å². The Bertz CT molecular complexity index is 479. The number of rotatable bonds is 2. The summed E-state index contributed by atoms with van der Waals surface area (Å²) in [7, 11) is 0. The Balaban J connectivity index is 1.83. The summed E-state index contributed by atoms with van der Waals surface area (Å²) < 4.78 is 15.9. The van der Waals surface area contributed by atoms with Gasteiger partial charge in [0.15, 0.2) is 6.29 Å². The summed E-state index contributed by atoms with van der Waals surface area (Å²) in [5.41, 5.74) is 1.19. The predicted octanol–water partition coefficient (Wildman–Crippen LogP) is 1.52. The van der Waals surface area contributed by atoms with Gasteiger partial charge in [0, 0.05) is 6.20 Å². The normalized spacial score (nSPS) is 24.1. The third-order valence-electron chi connectivity index (χ3n) is 2.19. The van der Waals surface area contributed by atoms with E-state index < -0.39 is 6.29 Å². The van der Waals surface area contributed by atoms with Crippen molar-refractivity contribution in [2.24, 2.45) is 0 Å². The molecule has 0 bridgehead atoms. The smallest absolute Gasteiger partial charge is 0.247 e. The van der Waals surface area contributed by atoms with E-state index >= 15 is 0 Å². The molecule has 0 aliphatic carbocycles. The Hall–Kier alpha value is -1.79. The summed E-state index contributed by atoms with van der Waals surface area (Å²) in [5.74, 6) is 0.412. The molecule has 1 saturated heterocycles. The highest BCUT2D eigenvalue weighted by Crippen LogP contribution is 2.31. The van der Waals surface area contributed by atoms with Crippen LogP contribution in [0.25, 0.3) is 11.6 Å². The van der Waals surface area contributed by atoms with E-state index in [-0.39, 0.29) is 6.29 Å². The Labute approximate surface area is 91.2 Å². The molecular formula is C10H9N3O3. The monoisotopic (exact) mass is 219 g/mol. The number of hydrogen-bond donors (Lipinski definition) is 0. The lowest BCUT2D eigenvalue weighted by Gasteiger charge is -2.31. The summed E-state index contributed by atoms with van der Waals surface area (Å²) >= 11 is 0. The van der Waals surface area contributed by atoms with Gasteiger partial charge in [0.1, 0.15) is 17.7 Å². The molecule has 3 heterocycles. The van der Waals surface area contributed by atoms with Crippen LogP contribution >= 0.6 is 0 Å². The van der Waals surface area contributed by atoms with Crippen molar-refractivity contribution in [3.05, 3.63) is 30.3 Å². The first-order chi connectivity index (χ1) is 7.83. The lowest BCUT2D eigenvalue weighted by atomic mass is 10.4. The van der Waals surface area contributed by atoms with E-state index in [0.717, 1.165) is 0 Å². The quantitative estimate of drug-likeness (QED) is 0.762. The summed E-state index contributed by atoms with van der Waals surface area (Å²) in [4.78, 5) is 4.22. The molecule has 1 aliphatic rings. The average molecular weight is 219 g/mol. The molecule has 0 unspecified atom stereocenters. The van der Waals surface area contributed by atoms with Crippen molar-refractivity contribution in [1.82, 2.24) is 15.2 Å². The SMILES string of the molecule is CC1OC(c2coc(-c3cccnn3)n2)O1. The summed E-state index contributed by atoms with van der Waals surface area (Å²) in [6, 6.07) is 3.54. The molecule has 0 spiro atoms. The molecule has 16 heavy (non-hydrogen) atoms. The molecular weight excluding hydrogens is 210 g/mol. The number of nitrogens with zero attached hydrogens (tertiary/aromatic N) is 3. The molecule has 6 nitrogen and oxygen atoms in total. The number of aromatic nitrogens is 3. The third kappa shape index (κ3) is 1.58. The van der Waals surface area contributed by atoms with Crippen molar-refractivity contribution >= 4 is 0 Å². The van der Waals surface area contributed by atoms with Crippen LogP contribution in [0.4, 0.5) is 0 Å². The highest BCUT2D eigenvalue weighted by atomic mass is 16.9. The van der Waals surface area contributed by atoms with Gasteiger partial charge in [0.25, 0.3) is 0 Å². The third-order valence-corrected chi connectivity index (χ3v) is 2.19. The lowest BCUT2D eigenvalue weighted by Crippen LogP contribution is -2.31. The first-order valence-electron chi connectivity index (χ1n) is 4.87. The van der Waals surface area contributed by atoms with E-state index in [1.807, 2.05) is 6.92 Å². The van der Waals surface area contributed by atoms with Gasteiger partial charge in [-0.15, -0.1) is 5.10 Å². The van der Waals surface area contributed by atoms with Crippen molar-refractivity contribution in [3.8, 4) is 11.6 Å². The van der Waals surface area contributed by atoms with Crippen LogP contribution in [0.1, 0.15) is 18.9 Å². The molecule has 0 N–H and O–H groups in total. The van der Waals surface area contributed by atoms with Gasteiger partial charge in [-0.3, -0.25) is 0 Å². The molecule has 0 radical (unpaired) electrons. The van der Waals surface area contributed by atoms with Crippen LogP contribution in [0.2, 0.25) is 0 Å². The fourth-order valence-electron chi connectivity index (χ4n) is 1.43. The van der Waals surface area contributed by atoms with Crippen molar-refractivity contribution in [1.29, 1.82) is 0 Å². The van der Waals surface area contributed by atoms with Crippen LogP contribution in [0.15, 0.2) is 29.0 Å². The maximum atomic E-state index is 5.29. The Kier molecular flexibility index (Phi) is 2.16. The number of oxazole rings is 1. The zero-order valence-corrected chi connectivity index (χ0v) is 8.53. The zero-order valence-electron chi connectivity index (χ0n) is 8.53. The zero-order chi connectivity index (χ0) is 11.0. The molecule has 3 rings (SSSR count). The topological polar surface area (TPSA) is 70.3 Å². The summed E-state index contributed by atoms with van der Waals surface area (Å²) in [6.45, 7) is 1.82. The Morgan fingerprint density at radius 3 is 2.88 bits per heavy atom. The van der Waals surface area contributed by atoms with Gasteiger partial charge in [0.2, 0.25) is 12.2 Å². The highest BCUT2D eigenvalue weighted by Gasteiger charge is 2.31. The average Bonchev–Trinajstić information content (AvgIpc) is 2.75. The fourth-order valence-corrected chi connectivity index (χ4v) is 1.43. The first kappa shape index (κ1) is 9.44. The molecule has 0 saturated carbocycles. The number of ether oxygens (including phenoxy) is 2. The molecule has 82 valence electrons. The molecule has 0 atom stereocenters. The second-order valence-electron chi connectivity index (χ2n) is 3.36. The summed E-state index contributed by atoms with van der Waals surface area (Å²) in [5, 5.41) is 7.64. The second kappa shape index (κ2) is 3.66. The fraction of sp³-hybridized carbons (Fsp3) is 0.300. The van der Waals surface area contributed by atoms with E-state index in [4.69, 9.17) is 13.9 Å². The van der Waals surface area contributed by atoms with Gasteiger partial charge >= 0.3 is 0 Å². The molecule has 2 aromatic heterocycles. The molecule has 6 heteroatoms. The molecule has 0 aromatic carbocycles. The van der Waals surface area contributed by atoms with Gasteiger partial charge in [-0.1, -0.05) is 0 Å². The summed E-state index contributed by atoms with van der Waals surface area (Å²) in [6.07, 6.45) is 2.49. The van der Waals surface area contributed by atoms with E-state index in [0.29, 0.717) is 17.3 Å². The second-order valence-corrected chi connectivity index (χ2v) is 3.36. The van der Waals surface area contributed by atoms with Crippen molar-refractivity contribution in [2.75, 3.05) is 0 Å². The maximum Gasteiger partial charge on any atom is 0.247 e. The molecule has 1 fully saturated rings. The minimum atomic E-state index is -0.427. The Morgan fingerprint density at radius 2 is 2.19 bits per heavy atom. The molecule has 2 aromatic rings. The number of hydrogen-bond acceptors (Lipinski definition) is 6. The van der Waals surface area contributed by atoms with E-state index in [1.54, 1.807) is 18.3 Å². The van der Waals surface area contributed by atoms with Gasteiger partial charge in [0.05, 0.1) is 0 Å². The standard InChI is InChI=1S/C10H9N3O3/c1-6-15-10(16-6)8-5-14-9(12-8)7-3-2-4-11-13-7/h2-6,10H,1H3. The lowest BCUT2D eigenvalue weighted by molar-refractivity contribution is -0.383. The van der Waals surface area contributed by atoms with Gasteiger partial charge < -0.3 is 13.9 Å². The highest BCUT2D eigenvalue weighted by molar-refractivity contribution is 5.45. The van der Waals surface area contributed by atoms with Crippen LogP contribution < -0.4 is 0 Å².